The first-order valence-electron chi connectivity index (χ1n) is 3.61. The number of halogens is 1. The molecule has 4 nitrogen and oxygen atoms in total. The van der Waals surface area contributed by atoms with Gasteiger partial charge in [-0.2, -0.15) is 0 Å². The molecule has 0 aliphatic heterocycles. The Hall–Kier alpha value is -1.62. The molecular weight excluding hydrogens is 175 g/mol. The van der Waals surface area contributed by atoms with Crippen molar-refractivity contribution in [3.05, 3.63) is 35.6 Å². The molecule has 0 saturated carbocycles. The maximum Gasteiger partial charge on any atom is 0.421 e. The molecule has 0 aliphatic carbocycles. The third-order valence-electron chi connectivity index (χ3n) is 1.43. The molecule has 0 aromatic heterocycles. The normalized spacial score (nSPS) is 9.38. The Kier molecular flexibility index (Phi) is 3.22. The average Bonchev–Trinajstić information content (AvgIpc) is 2.16. The maximum atomic E-state index is 12.9. The zero-order chi connectivity index (χ0) is 9.68. The fourth-order valence-electron chi connectivity index (χ4n) is 0.800. The molecule has 1 aromatic rings. The number of ether oxygens (including phenoxy) is 1. The molecule has 1 aromatic carbocycles. The lowest BCUT2D eigenvalue weighted by Gasteiger charge is -2.03. The third kappa shape index (κ3) is 2.72. The average molecular weight is 184 g/mol. The van der Waals surface area contributed by atoms with E-state index in [0.29, 0.717) is 5.56 Å². The van der Waals surface area contributed by atoms with Crippen LogP contribution in [0.5, 0.6) is 0 Å². The van der Waals surface area contributed by atoms with Crippen LogP contribution in [0.2, 0.25) is 0 Å². The third-order valence-corrected chi connectivity index (χ3v) is 1.43. The van der Waals surface area contributed by atoms with Gasteiger partial charge in [0.1, 0.15) is 12.4 Å². The topological polar surface area (TPSA) is 64.3 Å². The van der Waals surface area contributed by atoms with Crippen molar-refractivity contribution in [2.75, 3.05) is 0 Å². The molecule has 3 N–H and O–H groups in total. The molecule has 70 valence electrons. The lowest BCUT2D eigenvalue weighted by molar-refractivity contribution is 0.138. The van der Waals surface area contributed by atoms with Crippen LogP contribution in [0, 0.1) is 5.82 Å². The number of nitrogens with one attached hydrogen (secondary N) is 1. The first kappa shape index (κ1) is 9.47. The number of amides is 1. The minimum absolute atomic E-state index is 0.129. The summed E-state index contributed by atoms with van der Waals surface area (Å²) in [4.78, 5) is 10.5. The molecule has 0 unspecified atom stereocenters. The van der Waals surface area contributed by atoms with Crippen LogP contribution in [0.15, 0.2) is 24.3 Å². The van der Waals surface area contributed by atoms with Crippen molar-refractivity contribution in [1.29, 1.82) is 0 Å². The van der Waals surface area contributed by atoms with Gasteiger partial charge < -0.3 is 4.74 Å². The number of hydrogen-bond donors (Lipinski definition) is 2. The van der Waals surface area contributed by atoms with E-state index in [1.807, 2.05) is 0 Å². The van der Waals surface area contributed by atoms with Crippen molar-refractivity contribution in [3.8, 4) is 0 Å². The molecule has 0 saturated heterocycles. The van der Waals surface area contributed by atoms with Crippen LogP contribution < -0.4 is 11.3 Å². The highest BCUT2D eigenvalue weighted by Crippen LogP contribution is 2.07. The number of benzene rings is 1. The molecule has 0 fully saturated rings. The molecule has 0 atom stereocenters. The Balaban J connectivity index is 2.54. The van der Waals surface area contributed by atoms with Crippen molar-refractivity contribution in [3.63, 3.8) is 0 Å². The smallest absolute Gasteiger partial charge is 0.421 e. The maximum absolute atomic E-state index is 12.9. The van der Waals surface area contributed by atoms with E-state index in [-0.39, 0.29) is 6.61 Å². The van der Waals surface area contributed by atoms with Crippen molar-refractivity contribution < 1.29 is 13.9 Å². The Morgan fingerprint density at radius 1 is 1.54 bits per heavy atom. The highest BCUT2D eigenvalue weighted by Gasteiger charge is 2.03. The number of rotatable bonds is 2. The highest BCUT2D eigenvalue weighted by molar-refractivity contribution is 5.66. The minimum Gasteiger partial charge on any atom is -0.444 e. The highest BCUT2D eigenvalue weighted by atomic mass is 19.1. The lowest BCUT2D eigenvalue weighted by Crippen LogP contribution is -2.30. The quantitative estimate of drug-likeness (QED) is 0.408. The van der Waals surface area contributed by atoms with E-state index in [0.717, 1.165) is 0 Å². The first-order chi connectivity index (χ1) is 6.24. The summed E-state index contributed by atoms with van der Waals surface area (Å²) in [6, 6.07) is 6.03. The Labute approximate surface area is 74.5 Å². The first-order valence-corrected chi connectivity index (χ1v) is 3.61. The molecule has 1 rings (SSSR count). The van der Waals surface area contributed by atoms with E-state index in [1.165, 1.54) is 12.1 Å². The monoisotopic (exact) mass is 184 g/mol. The summed E-state index contributed by atoms with van der Waals surface area (Å²) < 4.78 is 17.4. The molecule has 13 heavy (non-hydrogen) atoms. The van der Waals surface area contributed by atoms with Crippen molar-refractivity contribution in [1.82, 2.24) is 5.43 Å². The van der Waals surface area contributed by atoms with Crippen molar-refractivity contribution in [2.45, 2.75) is 6.61 Å². The number of nitrogens with two attached hydrogens (primary N) is 1. The van der Waals surface area contributed by atoms with Crippen LogP contribution in [0.3, 0.4) is 0 Å². The lowest BCUT2D eigenvalue weighted by atomic mass is 10.2. The zero-order valence-corrected chi connectivity index (χ0v) is 6.79. The van der Waals surface area contributed by atoms with Crippen LogP contribution in [-0.2, 0) is 11.3 Å². The van der Waals surface area contributed by atoms with E-state index in [9.17, 15) is 9.18 Å². The second kappa shape index (κ2) is 4.42. The van der Waals surface area contributed by atoms with Gasteiger partial charge in [0.2, 0.25) is 0 Å². The van der Waals surface area contributed by atoms with Crippen LogP contribution >= 0.6 is 0 Å². The Bertz CT molecular complexity index is 304. The molecule has 1 amide bonds. The summed E-state index contributed by atoms with van der Waals surface area (Å²) >= 11 is 0. The number of carbonyl (C=O) groups is 1. The molecule has 0 spiro atoms. The fraction of sp³-hybridized carbons (Fsp3) is 0.125. The van der Waals surface area contributed by atoms with E-state index in [2.05, 4.69) is 4.74 Å². The molecule has 0 heterocycles. The van der Waals surface area contributed by atoms with E-state index in [1.54, 1.807) is 17.6 Å². The number of carbonyl (C=O) groups excluding carboxylic acids is 1. The second-order valence-corrected chi connectivity index (χ2v) is 2.31. The fourth-order valence-corrected chi connectivity index (χ4v) is 0.800. The Morgan fingerprint density at radius 3 is 2.85 bits per heavy atom. The van der Waals surface area contributed by atoms with Crippen molar-refractivity contribution in [2.24, 2.45) is 5.84 Å². The van der Waals surface area contributed by atoms with Crippen LogP contribution in [0.4, 0.5) is 9.18 Å². The van der Waals surface area contributed by atoms with Gasteiger partial charge in [0.25, 0.3) is 0 Å². The van der Waals surface area contributed by atoms with Gasteiger partial charge in [0.15, 0.2) is 0 Å². The van der Waals surface area contributed by atoms with Gasteiger partial charge in [-0.3, -0.25) is 5.43 Å². The van der Waals surface area contributed by atoms with E-state index < -0.39 is 11.9 Å². The summed E-state index contributed by atoms with van der Waals surface area (Å²) in [5, 5.41) is 0. The van der Waals surface area contributed by atoms with Crippen LogP contribution in [-0.4, -0.2) is 6.09 Å². The molecule has 0 radical (unpaired) electrons. The molecule has 0 aliphatic rings. The Morgan fingerprint density at radius 2 is 2.23 bits per heavy atom. The van der Waals surface area contributed by atoms with Gasteiger partial charge in [-0.05, 0) is 6.07 Å². The predicted octanol–water partition coefficient (Wildman–Crippen LogP) is 0.926. The zero-order valence-electron chi connectivity index (χ0n) is 6.79. The van der Waals surface area contributed by atoms with Gasteiger partial charge >= 0.3 is 6.09 Å². The van der Waals surface area contributed by atoms with Crippen LogP contribution in [0.25, 0.3) is 0 Å². The summed E-state index contributed by atoms with van der Waals surface area (Å²) in [6.07, 6.45) is -0.789. The van der Waals surface area contributed by atoms with Crippen molar-refractivity contribution >= 4 is 6.09 Å². The minimum atomic E-state index is -0.789. The van der Waals surface area contributed by atoms with Crippen LogP contribution in [0.1, 0.15) is 5.56 Å². The SMILES string of the molecule is NNC(=O)OCc1ccccc1F. The largest absolute Gasteiger partial charge is 0.444 e. The number of hydrogen-bond acceptors (Lipinski definition) is 3. The molecular formula is C8H9FN2O2. The molecule has 0 bridgehead atoms. The summed E-state index contributed by atoms with van der Waals surface area (Å²) in [5.74, 6) is 4.35. The van der Waals surface area contributed by atoms with Gasteiger partial charge in [0.05, 0.1) is 0 Å². The summed E-state index contributed by atoms with van der Waals surface area (Å²) in [6.45, 7) is -0.129. The van der Waals surface area contributed by atoms with E-state index >= 15 is 0 Å². The molecule has 5 heteroatoms. The number of hydrazine groups is 1. The van der Waals surface area contributed by atoms with Gasteiger partial charge in [-0.25, -0.2) is 15.0 Å². The summed E-state index contributed by atoms with van der Waals surface area (Å²) in [5.41, 5.74) is 2.08. The standard InChI is InChI=1S/C8H9FN2O2/c9-7-4-2-1-3-6(7)5-13-8(12)11-10/h1-4H,5,10H2,(H,11,12). The van der Waals surface area contributed by atoms with Gasteiger partial charge in [-0.1, -0.05) is 18.2 Å². The van der Waals surface area contributed by atoms with Gasteiger partial charge in [0, 0.05) is 5.56 Å². The second-order valence-electron chi connectivity index (χ2n) is 2.31. The predicted molar refractivity (Wildman–Crippen MR) is 43.9 cm³/mol. The summed E-state index contributed by atoms with van der Waals surface area (Å²) in [7, 11) is 0. The van der Waals surface area contributed by atoms with Gasteiger partial charge in [-0.15, -0.1) is 0 Å². The van der Waals surface area contributed by atoms with E-state index in [4.69, 9.17) is 5.84 Å².